The number of thiophene rings is 1. The van der Waals surface area contributed by atoms with Crippen LogP contribution in [0.4, 0.5) is 10.1 Å². The lowest BCUT2D eigenvalue weighted by molar-refractivity contribution is -0.113. The molecule has 4 rings (SSSR count). The van der Waals surface area contributed by atoms with E-state index in [4.69, 9.17) is 0 Å². The highest BCUT2D eigenvalue weighted by atomic mass is 32.2. The van der Waals surface area contributed by atoms with Gasteiger partial charge >= 0.3 is 0 Å². The Morgan fingerprint density at radius 2 is 1.85 bits per heavy atom. The van der Waals surface area contributed by atoms with Crippen LogP contribution in [0.1, 0.15) is 0 Å². The van der Waals surface area contributed by atoms with E-state index in [-0.39, 0.29) is 17.3 Å². The number of carbonyl (C=O) groups excluding carboxylic acids is 1. The molecule has 7 heteroatoms. The number of nitrogens with one attached hydrogen (secondary N) is 1. The van der Waals surface area contributed by atoms with Gasteiger partial charge in [0.2, 0.25) is 5.91 Å². The molecule has 0 atom stereocenters. The average Bonchev–Trinajstić information content (AvgIpc) is 3.14. The Hall–Kier alpha value is -2.77. The number of fused-ring (bicyclic) bond motifs is 1. The van der Waals surface area contributed by atoms with Crippen molar-refractivity contribution in [2.75, 3.05) is 11.1 Å². The third-order valence-corrected chi connectivity index (χ3v) is 5.94. The van der Waals surface area contributed by atoms with Crippen molar-refractivity contribution in [3.05, 3.63) is 72.8 Å². The number of hydrogen-bond acceptors (Lipinski definition) is 5. The summed E-state index contributed by atoms with van der Waals surface area (Å²) in [5.41, 5.74) is 1.30. The van der Waals surface area contributed by atoms with Crippen molar-refractivity contribution in [1.29, 1.82) is 0 Å². The van der Waals surface area contributed by atoms with Crippen molar-refractivity contribution in [3.8, 4) is 10.4 Å². The number of hydrogen-bond donors (Lipinski definition) is 1. The van der Waals surface area contributed by atoms with Crippen LogP contribution in [0.2, 0.25) is 0 Å². The molecular weight excluding hydrogens is 381 g/mol. The smallest absolute Gasteiger partial charge is 0.234 e. The molecule has 0 saturated heterocycles. The monoisotopic (exact) mass is 395 g/mol. The molecule has 0 aliphatic heterocycles. The van der Waals surface area contributed by atoms with E-state index in [0.29, 0.717) is 0 Å². The lowest BCUT2D eigenvalue weighted by Crippen LogP contribution is -2.15. The molecule has 134 valence electrons. The molecule has 0 saturated carbocycles. The predicted octanol–water partition coefficient (Wildman–Crippen LogP) is 5.23. The Morgan fingerprint density at radius 3 is 2.67 bits per heavy atom. The first kappa shape index (κ1) is 17.6. The summed E-state index contributed by atoms with van der Waals surface area (Å²) in [7, 11) is 0. The quantitative estimate of drug-likeness (QED) is 0.371. The van der Waals surface area contributed by atoms with Gasteiger partial charge in [0.25, 0.3) is 0 Å². The molecule has 0 radical (unpaired) electrons. The molecule has 1 N–H and O–H groups in total. The van der Waals surface area contributed by atoms with Crippen LogP contribution in [-0.4, -0.2) is 21.6 Å². The summed E-state index contributed by atoms with van der Waals surface area (Å²) in [6.07, 6.45) is 1.50. The highest BCUT2D eigenvalue weighted by Gasteiger charge is 2.13. The van der Waals surface area contributed by atoms with Crippen LogP contribution in [0.3, 0.4) is 0 Å². The Morgan fingerprint density at radius 1 is 1.07 bits per heavy atom. The zero-order valence-corrected chi connectivity index (χ0v) is 15.7. The molecule has 0 aliphatic carbocycles. The van der Waals surface area contributed by atoms with E-state index in [1.54, 1.807) is 23.5 Å². The lowest BCUT2D eigenvalue weighted by atomic mass is 10.2. The van der Waals surface area contributed by atoms with Gasteiger partial charge in [-0.15, -0.1) is 11.3 Å². The number of carbonyl (C=O) groups is 1. The summed E-state index contributed by atoms with van der Waals surface area (Å²) in [6, 6.07) is 18.2. The summed E-state index contributed by atoms with van der Waals surface area (Å²) < 4.78 is 13.6. The summed E-state index contributed by atoms with van der Waals surface area (Å²) in [6.45, 7) is 0. The number of aromatic nitrogens is 2. The molecule has 1 amide bonds. The maximum atomic E-state index is 13.6. The van der Waals surface area contributed by atoms with Crippen LogP contribution in [0.5, 0.6) is 0 Å². The minimum atomic E-state index is -0.453. The fraction of sp³-hybridized carbons (Fsp3) is 0.0500. The zero-order valence-electron chi connectivity index (χ0n) is 14.1. The van der Waals surface area contributed by atoms with E-state index >= 15 is 0 Å². The SMILES string of the molecule is O=C(CSc1ncnc2sc(-c3ccccc3)cc12)Nc1ccccc1F. The van der Waals surface area contributed by atoms with E-state index in [2.05, 4.69) is 15.3 Å². The number of amides is 1. The topological polar surface area (TPSA) is 54.9 Å². The minimum Gasteiger partial charge on any atom is -0.323 e. The van der Waals surface area contributed by atoms with Gasteiger partial charge in [0.1, 0.15) is 22.0 Å². The summed E-state index contributed by atoms with van der Waals surface area (Å²) in [4.78, 5) is 22.8. The van der Waals surface area contributed by atoms with Gasteiger partial charge in [-0.2, -0.15) is 0 Å². The maximum absolute atomic E-state index is 13.6. The highest BCUT2D eigenvalue weighted by Crippen LogP contribution is 2.36. The van der Waals surface area contributed by atoms with Gasteiger partial charge in [-0.1, -0.05) is 54.2 Å². The second kappa shape index (κ2) is 7.85. The first-order valence-electron chi connectivity index (χ1n) is 8.18. The Balaban J connectivity index is 1.51. The van der Waals surface area contributed by atoms with Crippen molar-refractivity contribution < 1.29 is 9.18 Å². The van der Waals surface area contributed by atoms with Gasteiger partial charge in [0.15, 0.2) is 0 Å². The average molecular weight is 395 g/mol. The van der Waals surface area contributed by atoms with Crippen molar-refractivity contribution in [2.24, 2.45) is 0 Å². The van der Waals surface area contributed by atoms with E-state index in [1.807, 2.05) is 36.4 Å². The van der Waals surface area contributed by atoms with Crippen molar-refractivity contribution in [1.82, 2.24) is 9.97 Å². The van der Waals surface area contributed by atoms with Gasteiger partial charge in [-0.25, -0.2) is 14.4 Å². The molecule has 4 nitrogen and oxygen atoms in total. The van der Waals surface area contributed by atoms with Crippen LogP contribution >= 0.6 is 23.1 Å². The van der Waals surface area contributed by atoms with E-state index in [0.717, 1.165) is 25.7 Å². The standard InChI is InChI=1S/C20H14FN3OS2/c21-15-8-4-5-9-16(15)24-18(25)11-26-19-14-10-17(13-6-2-1-3-7-13)27-20(14)23-12-22-19/h1-10,12H,11H2,(H,24,25). The van der Waals surface area contributed by atoms with E-state index in [1.165, 1.54) is 30.2 Å². The first-order valence-corrected chi connectivity index (χ1v) is 9.98. The predicted molar refractivity (Wildman–Crippen MR) is 109 cm³/mol. The van der Waals surface area contributed by atoms with Crippen molar-refractivity contribution in [2.45, 2.75) is 5.03 Å². The first-order chi connectivity index (χ1) is 13.2. The molecule has 0 bridgehead atoms. The van der Waals surface area contributed by atoms with Crippen molar-refractivity contribution >= 4 is 44.9 Å². The fourth-order valence-electron chi connectivity index (χ4n) is 2.58. The molecule has 4 aromatic rings. The number of halogens is 1. The molecule has 0 fully saturated rings. The van der Waals surface area contributed by atoms with Crippen LogP contribution in [-0.2, 0) is 4.79 Å². The zero-order chi connectivity index (χ0) is 18.6. The number of anilines is 1. The molecule has 2 aromatic heterocycles. The largest absolute Gasteiger partial charge is 0.323 e. The van der Waals surface area contributed by atoms with Crippen LogP contribution in [0, 0.1) is 5.82 Å². The molecule has 0 spiro atoms. The molecule has 0 unspecified atom stereocenters. The molecular formula is C20H14FN3OS2. The summed E-state index contributed by atoms with van der Waals surface area (Å²) >= 11 is 2.90. The van der Waals surface area contributed by atoms with Gasteiger partial charge in [-0.05, 0) is 23.8 Å². The summed E-state index contributed by atoms with van der Waals surface area (Å²) in [5, 5.41) is 4.24. The summed E-state index contributed by atoms with van der Waals surface area (Å²) in [5.74, 6) is -0.599. The second-order valence-corrected chi connectivity index (χ2v) is 7.69. The third-order valence-electron chi connectivity index (χ3n) is 3.84. The second-order valence-electron chi connectivity index (χ2n) is 5.69. The molecule has 27 heavy (non-hydrogen) atoms. The number of nitrogens with zero attached hydrogens (tertiary/aromatic N) is 2. The molecule has 2 aromatic carbocycles. The van der Waals surface area contributed by atoms with Gasteiger partial charge in [0.05, 0.1) is 11.4 Å². The normalized spacial score (nSPS) is 10.9. The number of benzene rings is 2. The number of thioether (sulfide) groups is 1. The maximum Gasteiger partial charge on any atom is 0.234 e. The molecule has 2 heterocycles. The third kappa shape index (κ3) is 3.99. The van der Waals surface area contributed by atoms with Crippen LogP contribution in [0.25, 0.3) is 20.7 Å². The van der Waals surface area contributed by atoms with E-state index in [9.17, 15) is 9.18 Å². The van der Waals surface area contributed by atoms with Gasteiger partial charge < -0.3 is 5.32 Å². The Labute approximate surface area is 163 Å². The lowest BCUT2D eigenvalue weighted by Gasteiger charge is -2.06. The molecule has 0 aliphatic rings. The van der Waals surface area contributed by atoms with Gasteiger partial charge in [-0.3, -0.25) is 4.79 Å². The van der Waals surface area contributed by atoms with Crippen LogP contribution in [0.15, 0.2) is 72.0 Å². The number of rotatable bonds is 5. The number of para-hydroxylation sites is 1. The fourth-order valence-corrected chi connectivity index (χ4v) is 4.42. The highest BCUT2D eigenvalue weighted by molar-refractivity contribution is 8.00. The van der Waals surface area contributed by atoms with Gasteiger partial charge in [0, 0.05) is 10.3 Å². The Bertz CT molecular complexity index is 1100. The Kier molecular flexibility index (Phi) is 5.13. The van der Waals surface area contributed by atoms with Crippen molar-refractivity contribution in [3.63, 3.8) is 0 Å². The van der Waals surface area contributed by atoms with E-state index < -0.39 is 5.82 Å². The van der Waals surface area contributed by atoms with Crippen LogP contribution < -0.4 is 5.32 Å². The minimum absolute atomic E-state index is 0.136.